The van der Waals surface area contributed by atoms with Gasteiger partial charge in [-0.15, -0.1) is 0 Å². The van der Waals surface area contributed by atoms with E-state index >= 15 is 0 Å². The number of pyridine rings is 1. The quantitative estimate of drug-likeness (QED) is 0.859. The molecule has 0 radical (unpaired) electrons. The van der Waals surface area contributed by atoms with Gasteiger partial charge in [-0.25, -0.2) is 4.98 Å². The van der Waals surface area contributed by atoms with Crippen molar-refractivity contribution in [2.24, 2.45) is 0 Å². The number of nitrogens with zero attached hydrogens (tertiary/aromatic N) is 2. The standard InChI is InChI=1S/C22H31N3/c1-17-12-19(3)21(13-18(17)2)16-23-14-20-8-9-22(24-15-20)25-10-6-4-5-7-11-25/h8-9,12-13,15,23H,4-7,10-11,14,16H2,1-3H3. The number of hydrogen-bond donors (Lipinski definition) is 1. The van der Waals surface area contributed by atoms with Crippen LogP contribution in [0.1, 0.15) is 53.5 Å². The molecule has 1 aromatic carbocycles. The van der Waals surface area contributed by atoms with Crippen molar-refractivity contribution in [2.45, 2.75) is 59.5 Å². The zero-order valence-corrected chi connectivity index (χ0v) is 15.9. The van der Waals surface area contributed by atoms with E-state index in [0.717, 1.165) is 32.0 Å². The van der Waals surface area contributed by atoms with Crippen molar-refractivity contribution < 1.29 is 0 Å². The molecule has 2 heterocycles. The van der Waals surface area contributed by atoms with E-state index < -0.39 is 0 Å². The zero-order valence-electron chi connectivity index (χ0n) is 15.9. The summed E-state index contributed by atoms with van der Waals surface area (Å²) in [5, 5.41) is 3.56. The smallest absolute Gasteiger partial charge is 0.128 e. The lowest BCUT2D eigenvalue weighted by Crippen LogP contribution is -2.24. The van der Waals surface area contributed by atoms with E-state index in [0.29, 0.717) is 0 Å². The highest BCUT2D eigenvalue weighted by molar-refractivity contribution is 5.39. The molecule has 1 N–H and O–H groups in total. The topological polar surface area (TPSA) is 28.2 Å². The number of anilines is 1. The average molecular weight is 338 g/mol. The van der Waals surface area contributed by atoms with Crippen LogP contribution in [-0.4, -0.2) is 18.1 Å². The summed E-state index contributed by atoms with van der Waals surface area (Å²) in [5.74, 6) is 1.13. The summed E-state index contributed by atoms with van der Waals surface area (Å²) in [6.07, 6.45) is 7.33. The van der Waals surface area contributed by atoms with Gasteiger partial charge in [-0.1, -0.05) is 31.0 Å². The first-order chi connectivity index (χ1) is 12.1. The SMILES string of the molecule is Cc1cc(C)c(CNCc2ccc(N3CCCCCC3)nc2)cc1C. The van der Waals surface area contributed by atoms with Crippen molar-refractivity contribution in [3.05, 3.63) is 58.3 Å². The first kappa shape index (κ1) is 17.9. The van der Waals surface area contributed by atoms with E-state index in [9.17, 15) is 0 Å². The van der Waals surface area contributed by atoms with E-state index in [4.69, 9.17) is 4.98 Å². The molecular formula is C22H31N3. The second-order valence-corrected chi connectivity index (χ2v) is 7.39. The van der Waals surface area contributed by atoms with Gasteiger partial charge in [0.15, 0.2) is 0 Å². The third-order valence-electron chi connectivity index (χ3n) is 5.34. The highest BCUT2D eigenvalue weighted by atomic mass is 15.2. The Morgan fingerprint density at radius 3 is 2.28 bits per heavy atom. The molecule has 0 atom stereocenters. The predicted octanol–water partition coefficient (Wildman–Crippen LogP) is 4.68. The van der Waals surface area contributed by atoms with Crippen LogP contribution in [0.4, 0.5) is 5.82 Å². The fourth-order valence-corrected chi connectivity index (χ4v) is 3.56. The Morgan fingerprint density at radius 1 is 0.880 bits per heavy atom. The predicted molar refractivity (Wildman–Crippen MR) is 106 cm³/mol. The maximum absolute atomic E-state index is 4.70. The summed E-state index contributed by atoms with van der Waals surface area (Å²) < 4.78 is 0. The van der Waals surface area contributed by atoms with Gasteiger partial charge in [-0.3, -0.25) is 0 Å². The lowest BCUT2D eigenvalue weighted by atomic mass is 10.0. The largest absolute Gasteiger partial charge is 0.357 e. The molecule has 1 aliphatic heterocycles. The summed E-state index contributed by atoms with van der Waals surface area (Å²) in [6.45, 7) is 10.6. The van der Waals surface area contributed by atoms with Gasteiger partial charge in [0.05, 0.1) is 0 Å². The molecule has 1 aromatic heterocycles. The van der Waals surface area contributed by atoms with Crippen LogP contribution in [0, 0.1) is 20.8 Å². The number of hydrogen-bond acceptors (Lipinski definition) is 3. The minimum Gasteiger partial charge on any atom is -0.357 e. The lowest BCUT2D eigenvalue weighted by molar-refractivity contribution is 0.687. The summed E-state index contributed by atoms with van der Waals surface area (Å²) >= 11 is 0. The Morgan fingerprint density at radius 2 is 1.60 bits per heavy atom. The first-order valence-corrected chi connectivity index (χ1v) is 9.61. The third kappa shape index (κ3) is 4.82. The molecule has 1 aliphatic rings. The molecule has 0 bridgehead atoms. The van der Waals surface area contributed by atoms with Crippen LogP contribution >= 0.6 is 0 Å². The highest BCUT2D eigenvalue weighted by Gasteiger charge is 2.10. The molecule has 3 nitrogen and oxygen atoms in total. The number of aromatic nitrogens is 1. The Hall–Kier alpha value is -1.87. The maximum Gasteiger partial charge on any atom is 0.128 e. The van der Waals surface area contributed by atoms with Crippen LogP contribution in [0.15, 0.2) is 30.5 Å². The summed E-state index contributed by atoms with van der Waals surface area (Å²) in [7, 11) is 0. The van der Waals surface area contributed by atoms with Crippen molar-refractivity contribution in [3.63, 3.8) is 0 Å². The Balaban J connectivity index is 1.54. The van der Waals surface area contributed by atoms with Crippen molar-refractivity contribution in [2.75, 3.05) is 18.0 Å². The maximum atomic E-state index is 4.70. The molecule has 0 aliphatic carbocycles. The molecule has 3 heteroatoms. The molecule has 3 rings (SSSR count). The number of aryl methyl sites for hydroxylation is 3. The van der Waals surface area contributed by atoms with Gasteiger partial charge in [0, 0.05) is 32.4 Å². The van der Waals surface area contributed by atoms with Gasteiger partial charge in [0.25, 0.3) is 0 Å². The van der Waals surface area contributed by atoms with Crippen molar-refractivity contribution in [1.29, 1.82) is 0 Å². The second-order valence-electron chi connectivity index (χ2n) is 7.39. The van der Waals surface area contributed by atoms with Crippen molar-refractivity contribution >= 4 is 5.82 Å². The van der Waals surface area contributed by atoms with E-state index in [1.807, 2.05) is 6.20 Å². The van der Waals surface area contributed by atoms with Gasteiger partial charge in [-0.05, 0) is 67.5 Å². The second kappa shape index (κ2) is 8.48. The van der Waals surface area contributed by atoms with E-state index in [2.05, 4.69) is 55.3 Å². The summed E-state index contributed by atoms with van der Waals surface area (Å²) in [6, 6.07) is 8.99. The number of rotatable bonds is 5. The molecule has 1 fully saturated rings. The number of nitrogens with one attached hydrogen (secondary N) is 1. The van der Waals surface area contributed by atoms with Crippen LogP contribution in [0.3, 0.4) is 0 Å². The Kier molecular flexibility index (Phi) is 6.09. The van der Waals surface area contributed by atoms with Gasteiger partial charge < -0.3 is 10.2 Å². The van der Waals surface area contributed by atoms with Crippen molar-refractivity contribution in [3.8, 4) is 0 Å². The van der Waals surface area contributed by atoms with E-state index in [-0.39, 0.29) is 0 Å². The van der Waals surface area contributed by atoms with Crippen LogP contribution in [-0.2, 0) is 13.1 Å². The molecule has 134 valence electrons. The highest BCUT2D eigenvalue weighted by Crippen LogP contribution is 2.18. The summed E-state index contributed by atoms with van der Waals surface area (Å²) in [4.78, 5) is 7.13. The molecule has 0 unspecified atom stereocenters. The normalized spacial score (nSPS) is 15.2. The summed E-state index contributed by atoms with van der Waals surface area (Å²) in [5.41, 5.74) is 6.74. The van der Waals surface area contributed by atoms with Crippen LogP contribution in [0.5, 0.6) is 0 Å². The Bertz CT molecular complexity index is 683. The molecule has 2 aromatic rings. The van der Waals surface area contributed by atoms with Crippen LogP contribution in [0.25, 0.3) is 0 Å². The van der Waals surface area contributed by atoms with Gasteiger partial charge in [0.1, 0.15) is 5.82 Å². The monoisotopic (exact) mass is 337 g/mol. The zero-order chi connectivity index (χ0) is 17.6. The van der Waals surface area contributed by atoms with Gasteiger partial charge in [0.2, 0.25) is 0 Å². The average Bonchev–Trinajstić information content (AvgIpc) is 2.89. The number of benzene rings is 1. The van der Waals surface area contributed by atoms with E-state index in [1.54, 1.807) is 0 Å². The minimum absolute atomic E-state index is 0.861. The molecule has 0 spiro atoms. The van der Waals surface area contributed by atoms with Gasteiger partial charge >= 0.3 is 0 Å². The first-order valence-electron chi connectivity index (χ1n) is 9.61. The fraction of sp³-hybridized carbons (Fsp3) is 0.500. The van der Waals surface area contributed by atoms with Crippen LogP contribution < -0.4 is 10.2 Å². The molecule has 25 heavy (non-hydrogen) atoms. The third-order valence-corrected chi connectivity index (χ3v) is 5.34. The molecule has 0 saturated carbocycles. The molecule has 0 amide bonds. The van der Waals surface area contributed by atoms with Crippen LogP contribution in [0.2, 0.25) is 0 Å². The minimum atomic E-state index is 0.861. The fourth-order valence-electron chi connectivity index (χ4n) is 3.56. The van der Waals surface area contributed by atoms with E-state index in [1.165, 1.54) is 53.5 Å². The molecule has 1 saturated heterocycles. The Labute approximate surface area is 152 Å². The van der Waals surface area contributed by atoms with Crippen molar-refractivity contribution in [1.82, 2.24) is 10.3 Å². The van der Waals surface area contributed by atoms with Gasteiger partial charge in [-0.2, -0.15) is 0 Å². The molecular weight excluding hydrogens is 306 g/mol. The lowest BCUT2D eigenvalue weighted by Gasteiger charge is -2.21.